The maximum atomic E-state index is 12.9. The lowest BCUT2D eigenvalue weighted by Crippen LogP contribution is -2.38. The first-order valence-corrected chi connectivity index (χ1v) is 13.9. The first-order chi connectivity index (χ1) is 21.1. The normalized spacial score (nSPS) is 19.7. The molecule has 10 nitrogen and oxygen atoms in total. The Morgan fingerprint density at radius 1 is 0.721 bits per heavy atom. The van der Waals surface area contributed by atoms with Crippen LogP contribution in [-0.4, -0.2) is 60.6 Å². The zero-order chi connectivity index (χ0) is 30.0. The number of esters is 2. The molecule has 0 N–H and O–H groups in total. The average molecular weight is 587 g/mol. The molecular formula is C33H34N2O8. The van der Waals surface area contributed by atoms with Crippen molar-refractivity contribution in [1.82, 2.24) is 9.55 Å². The molecule has 3 aromatic carbocycles. The van der Waals surface area contributed by atoms with Gasteiger partial charge in [0, 0.05) is 0 Å². The van der Waals surface area contributed by atoms with Gasteiger partial charge in [-0.05, 0) is 16.7 Å². The average Bonchev–Trinajstić information content (AvgIpc) is 3.65. The third-order valence-electron chi connectivity index (χ3n) is 7.08. The minimum atomic E-state index is -0.908. The van der Waals surface area contributed by atoms with E-state index in [0.717, 1.165) is 16.7 Å². The Hall–Kier alpha value is -4.35. The van der Waals surface area contributed by atoms with Crippen LogP contribution in [-0.2, 0) is 48.2 Å². The molecule has 5 rings (SSSR count). The molecule has 0 amide bonds. The molecule has 1 aliphatic rings. The minimum absolute atomic E-state index is 0.111. The van der Waals surface area contributed by atoms with Crippen molar-refractivity contribution in [2.75, 3.05) is 20.8 Å². The highest BCUT2D eigenvalue weighted by Crippen LogP contribution is 2.37. The molecule has 0 saturated carbocycles. The Kier molecular flexibility index (Phi) is 10.3. The molecule has 43 heavy (non-hydrogen) atoms. The highest BCUT2D eigenvalue weighted by Gasteiger charge is 2.49. The molecule has 224 valence electrons. The number of benzene rings is 3. The number of imidazole rings is 1. The fourth-order valence-electron chi connectivity index (χ4n) is 4.94. The lowest BCUT2D eigenvalue weighted by Gasteiger charge is -2.26. The van der Waals surface area contributed by atoms with E-state index in [0.29, 0.717) is 13.2 Å². The second kappa shape index (κ2) is 14.7. The second-order valence-corrected chi connectivity index (χ2v) is 9.92. The van der Waals surface area contributed by atoms with Crippen LogP contribution in [0.3, 0.4) is 0 Å². The van der Waals surface area contributed by atoms with Gasteiger partial charge in [0.1, 0.15) is 18.3 Å². The summed E-state index contributed by atoms with van der Waals surface area (Å²) >= 11 is 0. The Morgan fingerprint density at radius 2 is 1.23 bits per heavy atom. The van der Waals surface area contributed by atoms with Gasteiger partial charge in [-0.25, -0.2) is 14.6 Å². The van der Waals surface area contributed by atoms with Crippen LogP contribution < -0.4 is 0 Å². The van der Waals surface area contributed by atoms with Crippen LogP contribution in [0.4, 0.5) is 0 Å². The number of aromatic nitrogens is 2. The van der Waals surface area contributed by atoms with Gasteiger partial charge in [0.05, 0.1) is 47.0 Å². The van der Waals surface area contributed by atoms with Crippen molar-refractivity contribution in [3.63, 3.8) is 0 Å². The summed E-state index contributed by atoms with van der Waals surface area (Å²) in [6.45, 7) is 1.10. The number of methoxy groups -OCH3 is 2. The van der Waals surface area contributed by atoms with Crippen molar-refractivity contribution in [3.8, 4) is 0 Å². The number of carbonyl (C=O) groups is 2. The molecule has 2 heterocycles. The van der Waals surface area contributed by atoms with Gasteiger partial charge >= 0.3 is 11.9 Å². The van der Waals surface area contributed by atoms with E-state index in [2.05, 4.69) is 4.98 Å². The molecule has 1 saturated heterocycles. The van der Waals surface area contributed by atoms with Gasteiger partial charge in [-0.2, -0.15) is 0 Å². The molecule has 10 heteroatoms. The van der Waals surface area contributed by atoms with E-state index in [9.17, 15) is 9.59 Å². The standard InChI is InChI=1S/C33H34N2O8/c1-38-32(36)27-28(33(37)39-2)35(22-34-27)31-30(42-20-25-16-10-5-11-17-25)29(41-19-24-14-8-4-9-15-24)26(43-31)21-40-18-23-12-6-3-7-13-23/h3-17,22,26,29-31H,18-21H2,1-2H3/t26-,29-,30-,31-/m0/s1. The van der Waals surface area contributed by atoms with Gasteiger partial charge in [-0.15, -0.1) is 0 Å². The zero-order valence-corrected chi connectivity index (χ0v) is 24.0. The smallest absolute Gasteiger partial charge is 0.359 e. The van der Waals surface area contributed by atoms with Crippen LogP contribution in [0.15, 0.2) is 97.3 Å². The zero-order valence-electron chi connectivity index (χ0n) is 24.0. The van der Waals surface area contributed by atoms with Crippen LogP contribution in [0, 0.1) is 0 Å². The van der Waals surface area contributed by atoms with Gasteiger partial charge in [0.15, 0.2) is 17.6 Å². The lowest BCUT2D eigenvalue weighted by atomic mass is 10.1. The first-order valence-electron chi connectivity index (χ1n) is 13.9. The molecule has 0 spiro atoms. The highest BCUT2D eigenvalue weighted by atomic mass is 16.6. The summed E-state index contributed by atoms with van der Waals surface area (Å²) in [6, 6.07) is 29.3. The minimum Gasteiger partial charge on any atom is -0.464 e. The van der Waals surface area contributed by atoms with Crippen LogP contribution in [0.25, 0.3) is 0 Å². The maximum absolute atomic E-state index is 12.9. The molecule has 1 aliphatic heterocycles. The van der Waals surface area contributed by atoms with Crippen molar-refractivity contribution in [2.24, 2.45) is 0 Å². The lowest BCUT2D eigenvalue weighted by molar-refractivity contribution is -0.0918. The molecule has 0 aliphatic carbocycles. The van der Waals surface area contributed by atoms with Crippen molar-refractivity contribution in [2.45, 2.75) is 44.4 Å². The van der Waals surface area contributed by atoms with E-state index in [4.69, 9.17) is 28.4 Å². The van der Waals surface area contributed by atoms with E-state index in [1.54, 1.807) is 0 Å². The molecule has 0 unspecified atom stereocenters. The summed E-state index contributed by atoms with van der Waals surface area (Å²) in [6.07, 6.45) is -1.48. The summed E-state index contributed by atoms with van der Waals surface area (Å²) in [7, 11) is 2.44. The van der Waals surface area contributed by atoms with Crippen LogP contribution in [0.5, 0.6) is 0 Å². The van der Waals surface area contributed by atoms with Gasteiger partial charge in [0.25, 0.3) is 0 Å². The van der Waals surface area contributed by atoms with Crippen LogP contribution >= 0.6 is 0 Å². The van der Waals surface area contributed by atoms with E-state index >= 15 is 0 Å². The number of hydrogen-bond donors (Lipinski definition) is 0. The molecule has 0 bridgehead atoms. The van der Waals surface area contributed by atoms with Crippen molar-refractivity contribution < 1.29 is 38.0 Å². The number of hydrogen-bond acceptors (Lipinski definition) is 9. The van der Waals surface area contributed by atoms with Crippen molar-refractivity contribution in [3.05, 3.63) is 125 Å². The molecule has 4 atom stereocenters. The highest BCUT2D eigenvalue weighted by molar-refractivity contribution is 6.00. The number of carbonyl (C=O) groups excluding carboxylic acids is 2. The first kappa shape index (κ1) is 30.1. The summed E-state index contributed by atoms with van der Waals surface area (Å²) in [5, 5.41) is 0. The summed E-state index contributed by atoms with van der Waals surface area (Å²) < 4.78 is 36.9. The van der Waals surface area contributed by atoms with E-state index in [1.165, 1.54) is 25.1 Å². The Balaban J connectivity index is 1.48. The Morgan fingerprint density at radius 3 is 1.77 bits per heavy atom. The van der Waals surface area contributed by atoms with Crippen LogP contribution in [0.1, 0.15) is 43.9 Å². The van der Waals surface area contributed by atoms with E-state index in [1.807, 2.05) is 91.0 Å². The quantitative estimate of drug-likeness (QED) is 0.205. The molecular weight excluding hydrogens is 552 g/mol. The van der Waals surface area contributed by atoms with Gasteiger partial charge < -0.3 is 28.4 Å². The SMILES string of the molecule is COC(=O)c1ncn([C@H]2O[C@@H](COCc3ccccc3)[C@H](OCc3ccccc3)[C@@H]2OCc2ccccc2)c1C(=O)OC. The third-order valence-corrected chi connectivity index (χ3v) is 7.08. The predicted molar refractivity (Wildman–Crippen MR) is 155 cm³/mol. The topological polar surface area (TPSA) is 107 Å². The van der Waals surface area contributed by atoms with Gasteiger partial charge in [-0.3, -0.25) is 4.57 Å². The third kappa shape index (κ3) is 7.36. The summed E-state index contributed by atoms with van der Waals surface area (Å²) in [5.74, 6) is -1.55. The Labute approximate surface area is 250 Å². The molecule has 4 aromatic rings. The molecule has 0 radical (unpaired) electrons. The maximum Gasteiger partial charge on any atom is 0.359 e. The number of rotatable bonds is 13. The van der Waals surface area contributed by atoms with Crippen LogP contribution in [0.2, 0.25) is 0 Å². The van der Waals surface area contributed by atoms with Crippen molar-refractivity contribution in [1.29, 1.82) is 0 Å². The van der Waals surface area contributed by atoms with E-state index in [-0.39, 0.29) is 24.6 Å². The summed E-state index contributed by atoms with van der Waals surface area (Å²) in [4.78, 5) is 29.6. The summed E-state index contributed by atoms with van der Waals surface area (Å²) in [5.41, 5.74) is 2.63. The van der Waals surface area contributed by atoms with Crippen molar-refractivity contribution >= 4 is 11.9 Å². The number of ether oxygens (including phenoxy) is 6. The monoisotopic (exact) mass is 586 g/mol. The number of nitrogens with zero attached hydrogens (tertiary/aromatic N) is 2. The molecule has 1 aromatic heterocycles. The van der Waals surface area contributed by atoms with Gasteiger partial charge in [-0.1, -0.05) is 91.0 Å². The Bertz CT molecular complexity index is 1460. The second-order valence-electron chi connectivity index (χ2n) is 9.92. The fraction of sp³-hybridized carbons (Fsp3) is 0.303. The largest absolute Gasteiger partial charge is 0.464 e. The predicted octanol–water partition coefficient (Wildman–Crippen LogP) is 4.74. The fourth-order valence-corrected chi connectivity index (χ4v) is 4.94. The van der Waals surface area contributed by atoms with Gasteiger partial charge in [0.2, 0.25) is 0 Å². The molecule has 1 fully saturated rings. The van der Waals surface area contributed by atoms with E-state index < -0.39 is 36.5 Å².